The van der Waals surface area contributed by atoms with Gasteiger partial charge in [-0.05, 0) is 47.5 Å². The highest BCUT2D eigenvalue weighted by Gasteiger charge is 2.15. The number of pyridine rings is 1. The van der Waals surface area contributed by atoms with E-state index in [0.717, 1.165) is 34.2 Å². The largest absolute Gasteiger partial charge is 0.469 e. The van der Waals surface area contributed by atoms with Gasteiger partial charge in [0.15, 0.2) is 5.65 Å². The van der Waals surface area contributed by atoms with E-state index in [1.807, 2.05) is 22.8 Å². The van der Waals surface area contributed by atoms with Crippen LogP contribution in [-0.4, -0.2) is 14.5 Å². The van der Waals surface area contributed by atoms with Crippen LogP contribution in [0, 0.1) is 0 Å². The van der Waals surface area contributed by atoms with E-state index in [1.54, 1.807) is 12.5 Å². The van der Waals surface area contributed by atoms with Crippen molar-refractivity contribution in [3.63, 3.8) is 0 Å². The molecule has 104 valence electrons. The van der Waals surface area contributed by atoms with Crippen LogP contribution in [0.4, 0.5) is 5.95 Å². The molecule has 0 aromatic carbocycles. The van der Waals surface area contributed by atoms with Crippen LogP contribution in [0.1, 0.15) is 25.1 Å². The van der Waals surface area contributed by atoms with Crippen molar-refractivity contribution < 1.29 is 4.42 Å². The van der Waals surface area contributed by atoms with Crippen LogP contribution in [0.2, 0.25) is 0 Å². The number of imidazole rings is 1. The van der Waals surface area contributed by atoms with Gasteiger partial charge in [-0.15, -0.1) is 0 Å². The minimum atomic E-state index is 0.207. The molecule has 5 nitrogen and oxygen atoms in total. The van der Waals surface area contributed by atoms with E-state index < -0.39 is 0 Å². The molecule has 2 N–H and O–H groups in total. The average molecular weight is 335 g/mol. The van der Waals surface area contributed by atoms with Crippen LogP contribution in [0.5, 0.6) is 0 Å². The van der Waals surface area contributed by atoms with E-state index in [2.05, 4.69) is 32.8 Å². The quantitative estimate of drug-likeness (QED) is 0.791. The van der Waals surface area contributed by atoms with E-state index in [4.69, 9.17) is 10.2 Å². The third-order valence-corrected chi connectivity index (χ3v) is 3.79. The molecule has 0 bridgehead atoms. The van der Waals surface area contributed by atoms with Gasteiger partial charge < -0.3 is 10.2 Å². The van der Waals surface area contributed by atoms with Gasteiger partial charge in [-0.25, -0.2) is 9.97 Å². The fourth-order valence-corrected chi connectivity index (χ4v) is 2.66. The Labute approximate surface area is 124 Å². The average Bonchev–Trinajstić information content (AvgIpc) is 3.02. The van der Waals surface area contributed by atoms with E-state index in [0.29, 0.717) is 5.95 Å². The third-order valence-electron chi connectivity index (χ3n) is 3.35. The Morgan fingerprint density at radius 3 is 3.10 bits per heavy atom. The minimum absolute atomic E-state index is 0.207. The molecule has 3 aromatic rings. The van der Waals surface area contributed by atoms with Crippen molar-refractivity contribution in [2.75, 3.05) is 5.73 Å². The zero-order valence-corrected chi connectivity index (χ0v) is 12.7. The Morgan fingerprint density at radius 1 is 1.50 bits per heavy atom. The summed E-state index contributed by atoms with van der Waals surface area (Å²) in [6.45, 7) is 2.12. The number of hydrogen-bond donors (Lipinski definition) is 1. The maximum atomic E-state index is 6.03. The molecule has 0 amide bonds. The van der Waals surface area contributed by atoms with Crippen molar-refractivity contribution in [3.05, 3.63) is 40.9 Å². The Morgan fingerprint density at radius 2 is 2.35 bits per heavy atom. The zero-order chi connectivity index (χ0) is 14.1. The smallest absolute Gasteiger partial charge is 0.202 e. The number of rotatable bonds is 4. The lowest BCUT2D eigenvalue weighted by molar-refractivity contribution is 0.459. The molecule has 3 aromatic heterocycles. The van der Waals surface area contributed by atoms with E-state index in [9.17, 15) is 0 Å². The number of aryl methyl sites for hydroxylation is 1. The summed E-state index contributed by atoms with van der Waals surface area (Å²) in [4.78, 5) is 8.78. The van der Waals surface area contributed by atoms with E-state index >= 15 is 0 Å². The lowest BCUT2D eigenvalue weighted by Gasteiger charge is -2.14. The number of furan rings is 1. The predicted octanol–water partition coefficient (Wildman–Crippen LogP) is 3.56. The first kappa shape index (κ1) is 13.2. The van der Waals surface area contributed by atoms with Crippen LogP contribution < -0.4 is 5.73 Å². The Kier molecular flexibility index (Phi) is 3.48. The molecule has 3 heterocycles. The molecule has 0 fully saturated rings. The zero-order valence-electron chi connectivity index (χ0n) is 11.1. The first-order valence-electron chi connectivity index (χ1n) is 6.46. The number of halogens is 1. The van der Waals surface area contributed by atoms with E-state index in [1.165, 1.54) is 0 Å². The standard InChI is InChI=1S/C14H15BrN4O/c1-9(4-5-11-3-2-6-20-11)19-13-12(18-14(19)16)7-10(15)8-17-13/h2-3,6-9H,4-5H2,1H3,(H2,16,18). The van der Waals surface area contributed by atoms with Gasteiger partial charge in [0.2, 0.25) is 5.95 Å². The van der Waals surface area contributed by atoms with Crippen LogP contribution in [0.3, 0.4) is 0 Å². The van der Waals surface area contributed by atoms with E-state index in [-0.39, 0.29) is 6.04 Å². The highest BCUT2D eigenvalue weighted by molar-refractivity contribution is 9.10. The first-order chi connectivity index (χ1) is 9.65. The van der Waals surface area contributed by atoms with Crippen molar-refractivity contribution in [2.24, 2.45) is 0 Å². The van der Waals surface area contributed by atoms with Gasteiger partial charge in [-0.1, -0.05) is 0 Å². The van der Waals surface area contributed by atoms with Gasteiger partial charge in [-0.2, -0.15) is 0 Å². The van der Waals surface area contributed by atoms with Gasteiger partial charge in [0.05, 0.1) is 6.26 Å². The van der Waals surface area contributed by atoms with Crippen molar-refractivity contribution in [1.29, 1.82) is 0 Å². The molecule has 3 rings (SSSR count). The summed E-state index contributed by atoms with van der Waals surface area (Å²) < 4.78 is 8.23. The number of hydrogen-bond acceptors (Lipinski definition) is 4. The number of nitrogens with two attached hydrogens (primary N) is 1. The summed E-state index contributed by atoms with van der Waals surface area (Å²) in [7, 11) is 0. The Balaban J connectivity index is 1.87. The fraction of sp³-hybridized carbons (Fsp3) is 0.286. The monoisotopic (exact) mass is 334 g/mol. The molecule has 20 heavy (non-hydrogen) atoms. The summed E-state index contributed by atoms with van der Waals surface area (Å²) in [5.41, 5.74) is 7.65. The van der Waals surface area contributed by atoms with Gasteiger partial charge >= 0.3 is 0 Å². The number of anilines is 1. The molecular weight excluding hydrogens is 320 g/mol. The number of nitrogens with zero attached hydrogens (tertiary/aromatic N) is 3. The molecule has 1 unspecified atom stereocenters. The maximum Gasteiger partial charge on any atom is 0.202 e. The lowest BCUT2D eigenvalue weighted by Crippen LogP contribution is -2.10. The topological polar surface area (TPSA) is 69.9 Å². The third kappa shape index (κ3) is 2.43. The fourth-order valence-electron chi connectivity index (χ4n) is 2.34. The normalized spacial score (nSPS) is 12.9. The summed E-state index contributed by atoms with van der Waals surface area (Å²) in [6, 6.07) is 6.02. The van der Waals surface area contributed by atoms with Crippen LogP contribution in [-0.2, 0) is 6.42 Å². The highest BCUT2D eigenvalue weighted by atomic mass is 79.9. The molecule has 0 aliphatic rings. The number of aromatic nitrogens is 3. The van der Waals surface area contributed by atoms with Gasteiger partial charge in [-0.3, -0.25) is 4.57 Å². The second-order valence-electron chi connectivity index (χ2n) is 4.80. The highest BCUT2D eigenvalue weighted by Crippen LogP contribution is 2.25. The molecule has 0 radical (unpaired) electrons. The van der Waals surface area contributed by atoms with Crippen LogP contribution >= 0.6 is 15.9 Å². The molecular formula is C14H15BrN4O. The van der Waals surface area contributed by atoms with Gasteiger partial charge in [0, 0.05) is 23.1 Å². The lowest BCUT2D eigenvalue weighted by atomic mass is 10.1. The summed E-state index contributed by atoms with van der Waals surface area (Å²) in [5.74, 6) is 1.48. The Bertz CT molecular complexity index is 720. The van der Waals surface area contributed by atoms with Crippen molar-refractivity contribution >= 4 is 33.0 Å². The summed E-state index contributed by atoms with van der Waals surface area (Å²) in [6.07, 6.45) is 5.24. The van der Waals surface area contributed by atoms with Crippen LogP contribution in [0.25, 0.3) is 11.2 Å². The molecule has 0 aliphatic carbocycles. The van der Waals surface area contributed by atoms with Gasteiger partial charge in [0.25, 0.3) is 0 Å². The summed E-state index contributed by atoms with van der Waals surface area (Å²) >= 11 is 3.40. The number of fused-ring (bicyclic) bond motifs is 1. The molecule has 0 spiro atoms. The Hall–Kier alpha value is -1.82. The first-order valence-corrected chi connectivity index (χ1v) is 7.26. The summed E-state index contributed by atoms with van der Waals surface area (Å²) in [5, 5.41) is 0. The second kappa shape index (κ2) is 5.28. The molecule has 0 saturated carbocycles. The number of nitrogen functional groups attached to an aromatic ring is 1. The van der Waals surface area contributed by atoms with Crippen molar-refractivity contribution in [1.82, 2.24) is 14.5 Å². The molecule has 0 aliphatic heterocycles. The van der Waals surface area contributed by atoms with Crippen LogP contribution in [0.15, 0.2) is 39.5 Å². The van der Waals surface area contributed by atoms with Crippen molar-refractivity contribution in [2.45, 2.75) is 25.8 Å². The molecule has 0 saturated heterocycles. The second-order valence-corrected chi connectivity index (χ2v) is 5.72. The predicted molar refractivity (Wildman–Crippen MR) is 81.4 cm³/mol. The maximum absolute atomic E-state index is 6.03. The SMILES string of the molecule is CC(CCc1ccco1)n1c(N)nc2cc(Br)cnc21. The van der Waals surface area contributed by atoms with Gasteiger partial charge in [0.1, 0.15) is 11.3 Å². The minimum Gasteiger partial charge on any atom is -0.469 e. The molecule has 1 atom stereocenters. The van der Waals surface area contributed by atoms with Crippen molar-refractivity contribution in [3.8, 4) is 0 Å². The molecule has 6 heteroatoms.